The minimum Gasteiger partial charge on any atom is -0.351 e. The van der Waals surface area contributed by atoms with Crippen LogP contribution in [0.4, 0.5) is 0 Å². The van der Waals surface area contributed by atoms with Gasteiger partial charge in [-0.25, -0.2) is 0 Å². The summed E-state index contributed by atoms with van der Waals surface area (Å²) >= 11 is 1.63. The third kappa shape index (κ3) is 3.84. The van der Waals surface area contributed by atoms with Gasteiger partial charge in [-0.2, -0.15) is 5.10 Å². The fourth-order valence-electron chi connectivity index (χ4n) is 2.99. The van der Waals surface area contributed by atoms with Crippen LogP contribution in [0.1, 0.15) is 42.8 Å². The second-order valence-corrected chi connectivity index (χ2v) is 7.04. The van der Waals surface area contributed by atoms with Crippen LogP contribution >= 0.6 is 11.3 Å². The number of hydrogen-bond acceptors (Lipinski definition) is 4. The summed E-state index contributed by atoms with van der Waals surface area (Å²) in [5.41, 5.74) is 0.988. The van der Waals surface area contributed by atoms with Crippen LogP contribution in [0.15, 0.2) is 29.8 Å². The summed E-state index contributed by atoms with van der Waals surface area (Å²) in [7, 11) is 0. The van der Waals surface area contributed by atoms with Gasteiger partial charge in [-0.05, 0) is 23.9 Å². The molecule has 0 bridgehead atoms. The molecule has 24 heavy (non-hydrogen) atoms. The minimum atomic E-state index is -0.104. The number of thiophene rings is 1. The van der Waals surface area contributed by atoms with E-state index in [9.17, 15) is 9.59 Å². The van der Waals surface area contributed by atoms with Gasteiger partial charge in [0.1, 0.15) is 0 Å². The summed E-state index contributed by atoms with van der Waals surface area (Å²) in [5, 5.41) is 9.29. The molecule has 0 saturated heterocycles. The van der Waals surface area contributed by atoms with Gasteiger partial charge in [0.25, 0.3) is 0 Å². The highest BCUT2D eigenvalue weighted by molar-refractivity contribution is 7.09. The number of aromatic nitrogens is 2. The molecule has 2 aromatic rings. The number of carbonyl (C=O) groups is 2. The second kappa shape index (κ2) is 7.61. The summed E-state index contributed by atoms with van der Waals surface area (Å²) in [5.74, 6) is 0.133. The highest BCUT2D eigenvalue weighted by Gasteiger charge is 2.29. The highest BCUT2D eigenvalue weighted by Crippen LogP contribution is 2.23. The molecule has 0 radical (unpaired) electrons. The molecule has 1 aliphatic heterocycles. The Morgan fingerprint density at radius 1 is 1.42 bits per heavy atom. The molecule has 128 valence electrons. The van der Waals surface area contributed by atoms with Crippen molar-refractivity contribution in [3.8, 4) is 0 Å². The third-order valence-corrected chi connectivity index (χ3v) is 5.04. The van der Waals surface area contributed by atoms with Crippen LogP contribution in [-0.2, 0) is 22.7 Å². The van der Waals surface area contributed by atoms with E-state index in [1.54, 1.807) is 17.5 Å². The predicted octanol–water partition coefficient (Wildman–Crippen LogP) is 2.33. The number of carbonyl (C=O) groups excluding carboxylic acids is 2. The first-order valence-corrected chi connectivity index (χ1v) is 9.14. The van der Waals surface area contributed by atoms with Crippen LogP contribution < -0.4 is 5.32 Å². The quantitative estimate of drug-likeness (QED) is 0.873. The Kier molecular flexibility index (Phi) is 5.30. The SMILES string of the molecule is CCCC(=O)N1Cc2ccnn2C(CC(=O)NCc2cccs2)C1. The first-order chi connectivity index (χ1) is 11.7. The molecule has 6 nitrogen and oxygen atoms in total. The molecule has 3 heterocycles. The predicted molar refractivity (Wildman–Crippen MR) is 92.4 cm³/mol. The zero-order chi connectivity index (χ0) is 16.9. The van der Waals surface area contributed by atoms with Crippen LogP contribution in [0.2, 0.25) is 0 Å². The molecule has 0 spiro atoms. The number of rotatable bonds is 6. The maximum atomic E-state index is 12.3. The first-order valence-electron chi connectivity index (χ1n) is 8.26. The van der Waals surface area contributed by atoms with E-state index in [4.69, 9.17) is 0 Å². The van der Waals surface area contributed by atoms with Crippen molar-refractivity contribution in [3.63, 3.8) is 0 Å². The summed E-state index contributed by atoms with van der Waals surface area (Å²) < 4.78 is 1.89. The van der Waals surface area contributed by atoms with E-state index in [0.717, 1.165) is 17.0 Å². The van der Waals surface area contributed by atoms with Crippen molar-refractivity contribution >= 4 is 23.2 Å². The van der Waals surface area contributed by atoms with E-state index in [1.165, 1.54) is 0 Å². The second-order valence-electron chi connectivity index (χ2n) is 6.01. The zero-order valence-corrected chi connectivity index (χ0v) is 14.6. The highest BCUT2D eigenvalue weighted by atomic mass is 32.1. The van der Waals surface area contributed by atoms with Crippen molar-refractivity contribution in [2.75, 3.05) is 6.54 Å². The Balaban J connectivity index is 1.63. The average Bonchev–Trinajstić information content (AvgIpc) is 3.24. The lowest BCUT2D eigenvalue weighted by Crippen LogP contribution is -2.42. The van der Waals surface area contributed by atoms with Crippen molar-refractivity contribution in [3.05, 3.63) is 40.3 Å². The van der Waals surface area contributed by atoms with E-state index in [2.05, 4.69) is 10.4 Å². The Hall–Kier alpha value is -2.15. The molecule has 0 aromatic carbocycles. The maximum Gasteiger partial charge on any atom is 0.222 e. The Morgan fingerprint density at radius 3 is 3.04 bits per heavy atom. The van der Waals surface area contributed by atoms with Crippen LogP contribution in [0, 0.1) is 0 Å². The molecular weight excluding hydrogens is 324 g/mol. The number of fused-ring (bicyclic) bond motifs is 1. The van der Waals surface area contributed by atoms with Gasteiger partial charge in [0.2, 0.25) is 11.8 Å². The normalized spacial score (nSPS) is 16.7. The Morgan fingerprint density at radius 2 is 2.29 bits per heavy atom. The molecular formula is C17H22N4O2S. The van der Waals surface area contributed by atoms with E-state index >= 15 is 0 Å². The standard InChI is InChI=1S/C17H22N4O2S/c1-2-4-17(23)20-11-13-6-7-19-21(13)14(12-20)9-16(22)18-10-15-5-3-8-24-15/h3,5-8,14H,2,4,9-12H2,1H3,(H,18,22). The lowest BCUT2D eigenvalue weighted by molar-refractivity contribution is -0.134. The van der Waals surface area contributed by atoms with Crippen LogP contribution in [-0.4, -0.2) is 33.0 Å². The number of nitrogens with one attached hydrogen (secondary N) is 1. The van der Waals surface area contributed by atoms with Gasteiger partial charge in [0, 0.05) is 24.0 Å². The number of amides is 2. The summed E-state index contributed by atoms with van der Waals surface area (Å²) in [4.78, 5) is 27.5. The molecule has 1 unspecified atom stereocenters. The van der Waals surface area contributed by atoms with E-state index in [1.807, 2.05) is 40.1 Å². The summed E-state index contributed by atoms with van der Waals surface area (Å²) in [6, 6.07) is 5.79. The van der Waals surface area contributed by atoms with Crippen molar-refractivity contribution in [1.29, 1.82) is 0 Å². The van der Waals surface area contributed by atoms with Gasteiger partial charge in [0.15, 0.2) is 0 Å². The molecule has 7 heteroatoms. The lowest BCUT2D eigenvalue weighted by atomic mass is 10.1. The van der Waals surface area contributed by atoms with Crippen molar-refractivity contribution < 1.29 is 9.59 Å². The van der Waals surface area contributed by atoms with E-state index in [0.29, 0.717) is 32.5 Å². The lowest BCUT2D eigenvalue weighted by Gasteiger charge is -2.33. The van der Waals surface area contributed by atoms with Crippen molar-refractivity contribution in [1.82, 2.24) is 20.0 Å². The van der Waals surface area contributed by atoms with Crippen LogP contribution in [0.5, 0.6) is 0 Å². The Labute approximate surface area is 145 Å². The van der Waals surface area contributed by atoms with Crippen LogP contribution in [0.25, 0.3) is 0 Å². The molecule has 0 aliphatic carbocycles. The van der Waals surface area contributed by atoms with Gasteiger partial charge in [-0.3, -0.25) is 14.3 Å². The molecule has 0 saturated carbocycles. The van der Waals surface area contributed by atoms with E-state index in [-0.39, 0.29) is 17.9 Å². The van der Waals surface area contributed by atoms with Crippen molar-refractivity contribution in [2.45, 2.75) is 45.3 Å². The van der Waals surface area contributed by atoms with Crippen LogP contribution in [0.3, 0.4) is 0 Å². The largest absolute Gasteiger partial charge is 0.351 e. The molecule has 1 aliphatic rings. The fraction of sp³-hybridized carbons (Fsp3) is 0.471. The molecule has 2 amide bonds. The van der Waals surface area contributed by atoms with Gasteiger partial charge < -0.3 is 10.2 Å². The Bertz CT molecular complexity index is 695. The third-order valence-electron chi connectivity index (χ3n) is 4.16. The van der Waals surface area contributed by atoms with Gasteiger partial charge >= 0.3 is 0 Å². The molecule has 3 rings (SSSR count). The van der Waals surface area contributed by atoms with Gasteiger partial charge in [-0.15, -0.1) is 11.3 Å². The topological polar surface area (TPSA) is 67.2 Å². The zero-order valence-electron chi connectivity index (χ0n) is 13.8. The molecule has 1 N–H and O–H groups in total. The first kappa shape index (κ1) is 16.7. The van der Waals surface area contributed by atoms with Gasteiger partial charge in [0.05, 0.1) is 31.2 Å². The molecule has 0 fully saturated rings. The van der Waals surface area contributed by atoms with Crippen molar-refractivity contribution in [2.24, 2.45) is 0 Å². The number of nitrogens with zero attached hydrogens (tertiary/aromatic N) is 3. The molecule has 2 aromatic heterocycles. The smallest absolute Gasteiger partial charge is 0.222 e. The summed E-state index contributed by atoms with van der Waals surface area (Å²) in [6.07, 6.45) is 3.45. The van der Waals surface area contributed by atoms with Gasteiger partial charge in [-0.1, -0.05) is 13.0 Å². The fourth-order valence-corrected chi connectivity index (χ4v) is 3.63. The maximum absolute atomic E-state index is 12.3. The average molecular weight is 346 g/mol. The minimum absolute atomic E-state index is 0.0142. The van der Waals surface area contributed by atoms with E-state index < -0.39 is 0 Å². The summed E-state index contributed by atoms with van der Waals surface area (Å²) in [6.45, 7) is 3.67. The monoisotopic (exact) mass is 346 g/mol. The molecule has 1 atom stereocenters. The number of hydrogen-bond donors (Lipinski definition) is 1.